The summed E-state index contributed by atoms with van der Waals surface area (Å²) in [7, 11) is 0. The zero-order valence-electron chi connectivity index (χ0n) is 14.0. The van der Waals surface area contributed by atoms with E-state index in [0.29, 0.717) is 5.76 Å². The lowest BCUT2D eigenvalue weighted by atomic mass is 9.76. The van der Waals surface area contributed by atoms with E-state index >= 15 is 0 Å². The molecule has 1 N–H and O–H groups in total. The van der Waals surface area contributed by atoms with E-state index in [0.717, 1.165) is 57.7 Å². The summed E-state index contributed by atoms with van der Waals surface area (Å²) in [5.74, 6) is 1.39. The van der Waals surface area contributed by atoms with Crippen molar-refractivity contribution in [1.82, 2.24) is 15.4 Å². The molecule has 3 aliphatic rings. The highest BCUT2D eigenvalue weighted by atomic mass is 16.5. The van der Waals surface area contributed by atoms with Crippen LogP contribution in [0.25, 0.3) is 0 Å². The monoisotopic (exact) mass is 331 g/mol. The quantitative estimate of drug-likeness (QED) is 0.918. The van der Waals surface area contributed by atoms with Gasteiger partial charge in [0, 0.05) is 31.6 Å². The van der Waals surface area contributed by atoms with Crippen LogP contribution in [-0.2, 0) is 4.79 Å². The fourth-order valence-corrected chi connectivity index (χ4v) is 4.26. The van der Waals surface area contributed by atoms with Crippen LogP contribution in [0.4, 0.5) is 0 Å². The van der Waals surface area contributed by atoms with Crippen LogP contribution in [0, 0.1) is 17.3 Å². The van der Waals surface area contributed by atoms with Gasteiger partial charge >= 0.3 is 0 Å². The summed E-state index contributed by atoms with van der Waals surface area (Å²) in [4.78, 5) is 26.5. The number of nitrogens with one attached hydrogen (secondary N) is 1. The molecule has 130 valence electrons. The summed E-state index contributed by atoms with van der Waals surface area (Å²) in [5, 5.41) is 6.74. The van der Waals surface area contributed by atoms with Crippen molar-refractivity contribution in [3.05, 3.63) is 18.0 Å². The van der Waals surface area contributed by atoms with Gasteiger partial charge in [-0.3, -0.25) is 9.59 Å². The van der Waals surface area contributed by atoms with Gasteiger partial charge in [0.05, 0.1) is 6.20 Å². The van der Waals surface area contributed by atoms with Crippen LogP contribution in [0.1, 0.15) is 55.5 Å². The molecule has 1 spiro atoms. The standard InChI is InChI=1S/C18H25N3O3/c22-16(19-12-13-1-2-13)14-3-5-18(11-14)6-9-21(10-7-18)17(23)15-4-8-20-24-15/h4,8,13-14H,1-3,5-7,9-12H2,(H,19,22). The van der Waals surface area contributed by atoms with Crippen LogP contribution in [0.3, 0.4) is 0 Å². The molecule has 1 atom stereocenters. The van der Waals surface area contributed by atoms with Crippen LogP contribution in [0.15, 0.2) is 16.8 Å². The molecule has 6 nitrogen and oxygen atoms in total. The second-order valence-corrected chi connectivity index (χ2v) is 7.80. The maximum atomic E-state index is 12.3. The van der Waals surface area contributed by atoms with Crippen LogP contribution in [0.2, 0.25) is 0 Å². The second kappa shape index (κ2) is 6.22. The van der Waals surface area contributed by atoms with Gasteiger partial charge in [0.25, 0.3) is 5.91 Å². The molecular weight excluding hydrogens is 306 g/mol. The highest BCUT2D eigenvalue weighted by Crippen LogP contribution is 2.49. The van der Waals surface area contributed by atoms with Crippen molar-refractivity contribution >= 4 is 11.8 Å². The van der Waals surface area contributed by atoms with Gasteiger partial charge < -0.3 is 14.7 Å². The summed E-state index contributed by atoms with van der Waals surface area (Å²) >= 11 is 0. The first-order chi connectivity index (χ1) is 11.7. The van der Waals surface area contributed by atoms with Crippen molar-refractivity contribution in [1.29, 1.82) is 0 Å². The minimum atomic E-state index is -0.0703. The maximum absolute atomic E-state index is 12.3. The fourth-order valence-electron chi connectivity index (χ4n) is 4.26. The van der Waals surface area contributed by atoms with Crippen LogP contribution in [0.5, 0.6) is 0 Å². The highest BCUT2D eigenvalue weighted by Gasteiger charge is 2.44. The number of amides is 2. The third kappa shape index (κ3) is 3.19. The lowest BCUT2D eigenvalue weighted by molar-refractivity contribution is -0.125. The van der Waals surface area contributed by atoms with E-state index in [4.69, 9.17) is 4.52 Å². The largest absolute Gasteiger partial charge is 0.356 e. The zero-order valence-corrected chi connectivity index (χ0v) is 14.0. The lowest BCUT2D eigenvalue weighted by Crippen LogP contribution is -2.42. The number of carbonyl (C=O) groups excluding carboxylic acids is 2. The van der Waals surface area contributed by atoms with Crippen LogP contribution in [-0.4, -0.2) is 41.5 Å². The molecule has 2 aliphatic carbocycles. The molecule has 2 amide bonds. The summed E-state index contributed by atoms with van der Waals surface area (Å²) in [6.45, 7) is 2.35. The molecule has 0 aromatic carbocycles. The molecule has 0 radical (unpaired) electrons. The molecule has 6 heteroatoms. The molecule has 1 saturated heterocycles. The predicted octanol–water partition coefficient (Wildman–Crippen LogP) is 2.22. The van der Waals surface area contributed by atoms with Gasteiger partial charge in [-0.15, -0.1) is 0 Å². The first-order valence-electron chi connectivity index (χ1n) is 9.13. The predicted molar refractivity (Wildman–Crippen MR) is 87.1 cm³/mol. The van der Waals surface area contributed by atoms with E-state index in [1.807, 2.05) is 4.90 Å². The molecular formula is C18H25N3O3. The minimum absolute atomic E-state index is 0.0703. The first kappa shape index (κ1) is 15.7. The Bertz CT molecular complexity index is 601. The van der Waals surface area contributed by atoms with Crippen molar-refractivity contribution in [3.63, 3.8) is 0 Å². The van der Waals surface area contributed by atoms with E-state index in [-0.39, 0.29) is 23.1 Å². The molecule has 24 heavy (non-hydrogen) atoms. The average Bonchev–Trinajstić information content (AvgIpc) is 3.09. The third-order valence-corrected chi connectivity index (χ3v) is 6.10. The van der Waals surface area contributed by atoms with Gasteiger partial charge in [0.2, 0.25) is 11.7 Å². The molecule has 2 heterocycles. The number of carbonyl (C=O) groups is 2. The Labute approximate surface area is 141 Å². The number of aromatic nitrogens is 1. The maximum Gasteiger partial charge on any atom is 0.292 e. The van der Waals surface area contributed by atoms with E-state index in [2.05, 4.69) is 10.5 Å². The van der Waals surface area contributed by atoms with Gasteiger partial charge in [-0.05, 0) is 56.3 Å². The van der Waals surface area contributed by atoms with Gasteiger partial charge in [0.1, 0.15) is 0 Å². The van der Waals surface area contributed by atoms with Crippen LogP contribution >= 0.6 is 0 Å². The molecule has 1 aromatic rings. The minimum Gasteiger partial charge on any atom is -0.356 e. The molecule has 4 rings (SSSR count). The van der Waals surface area contributed by atoms with Gasteiger partial charge in [-0.25, -0.2) is 0 Å². The first-order valence-corrected chi connectivity index (χ1v) is 9.13. The van der Waals surface area contributed by atoms with Gasteiger partial charge in [0.15, 0.2) is 0 Å². The Morgan fingerprint density at radius 2 is 2.04 bits per heavy atom. The number of hydrogen-bond donors (Lipinski definition) is 1. The molecule has 0 bridgehead atoms. The van der Waals surface area contributed by atoms with Gasteiger partial charge in [-0.1, -0.05) is 5.16 Å². The van der Waals surface area contributed by atoms with Crippen LogP contribution < -0.4 is 5.32 Å². The Morgan fingerprint density at radius 3 is 2.71 bits per heavy atom. The SMILES string of the molecule is O=C(NCC1CC1)C1CCC2(CCN(C(=O)c3ccno3)CC2)C1. The molecule has 3 fully saturated rings. The van der Waals surface area contributed by atoms with E-state index in [1.54, 1.807) is 6.07 Å². The number of piperidine rings is 1. The second-order valence-electron chi connectivity index (χ2n) is 7.80. The smallest absolute Gasteiger partial charge is 0.292 e. The van der Waals surface area contributed by atoms with E-state index in [9.17, 15) is 9.59 Å². The third-order valence-electron chi connectivity index (χ3n) is 6.10. The van der Waals surface area contributed by atoms with Crippen molar-refractivity contribution in [3.8, 4) is 0 Å². The summed E-state index contributed by atoms with van der Waals surface area (Å²) in [6, 6.07) is 1.61. The Kier molecular flexibility index (Phi) is 4.06. The zero-order chi connectivity index (χ0) is 16.6. The molecule has 1 aliphatic heterocycles. The lowest BCUT2D eigenvalue weighted by Gasteiger charge is -2.39. The van der Waals surface area contributed by atoms with Gasteiger partial charge in [-0.2, -0.15) is 0 Å². The average molecular weight is 331 g/mol. The van der Waals surface area contributed by atoms with E-state index < -0.39 is 0 Å². The fraction of sp³-hybridized carbons (Fsp3) is 0.722. The molecule has 2 saturated carbocycles. The molecule has 1 aromatic heterocycles. The summed E-state index contributed by atoms with van der Waals surface area (Å²) in [6.07, 6.45) is 9.09. The normalized spacial score (nSPS) is 25.8. The topological polar surface area (TPSA) is 75.4 Å². The van der Waals surface area contributed by atoms with Crippen molar-refractivity contribution in [2.75, 3.05) is 19.6 Å². The number of hydrogen-bond acceptors (Lipinski definition) is 4. The molecule has 1 unspecified atom stereocenters. The van der Waals surface area contributed by atoms with Crippen molar-refractivity contribution < 1.29 is 14.1 Å². The Morgan fingerprint density at radius 1 is 1.25 bits per heavy atom. The number of rotatable bonds is 4. The van der Waals surface area contributed by atoms with E-state index in [1.165, 1.54) is 19.0 Å². The van der Waals surface area contributed by atoms with Crippen molar-refractivity contribution in [2.24, 2.45) is 17.3 Å². The highest BCUT2D eigenvalue weighted by molar-refractivity contribution is 5.91. The summed E-state index contributed by atoms with van der Waals surface area (Å²) < 4.78 is 4.97. The number of nitrogens with zero attached hydrogens (tertiary/aromatic N) is 2. The Hall–Kier alpha value is -1.85. The Balaban J connectivity index is 1.29. The van der Waals surface area contributed by atoms with Crippen molar-refractivity contribution in [2.45, 2.75) is 44.9 Å². The number of likely N-dealkylation sites (tertiary alicyclic amines) is 1. The summed E-state index contributed by atoms with van der Waals surface area (Å²) in [5.41, 5.74) is 0.250.